The van der Waals surface area contributed by atoms with E-state index in [-0.39, 0.29) is 0 Å². The zero-order valence-electron chi connectivity index (χ0n) is 13.7. The van der Waals surface area contributed by atoms with Crippen LogP contribution in [0.5, 0.6) is 0 Å². The maximum Gasteiger partial charge on any atom is 0.0645 e. The summed E-state index contributed by atoms with van der Waals surface area (Å²) in [4.78, 5) is 2.53. The molecule has 3 nitrogen and oxygen atoms in total. The molecule has 1 heterocycles. The van der Waals surface area contributed by atoms with E-state index in [1.54, 1.807) is 0 Å². The minimum absolute atomic E-state index is 0.688. The average molecular weight is 285 g/mol. The minimum atomic E-state index is 0.688. The highest BCUT2D eigenvalue weighted by Gasteiger charge is 2.11. The number of nitrogens with zero attached hydrogens (tertiary/aromatic N) is 3. The van der Waals surface area contributed by atoms with Crippen LogP contribution >= 0.6 is 0 Å². The Kier molecular flexibility index (Phi) is 5.57. The first kappa shape index (κ1) is 15.8. The van der Waals surface area contributed by atoms with Crippen molar-refractivity contribution in [3.8, 4) is 5.69 Å². The molecular formula is C18H27N3. The van der Waals surface area contributed by atoms with E-state index in [1.807, 2.05) is 29.1 Å². The first-order valence-corrected chi connectivity index (χ1v) is 7.86. The third-order valence-electron chi connectivity index (χ3n) is 3.31. The number of rotatable bonds is 7. The Hall–Kier alpha value is -1.61. The third kappa shape index (κ3) is 5.01. The molecule has 0 aliphatic rings. The van der Waals surface area contributed by atoms with Crippen LogP contribution in [0.1, 0.15) is 33.3 Å². The van der Waals surface area contributed by atoms with E-state index in [0.717, 1.165) is 25.3 Å². The van der Waals surface area contributed by atoms with Crippen LogP contribution in [-0.2, 0) is 6.54 Å². The molecule has 3 heteroatoms. The highest BCUT2D eigenvalue weighted by atomic mass is 15.3. The van der Waals surface area contributed by atoms with Crippen molar-refractivity contribution >= 4 is 0 Å². The van der Waals surface area contributed by atoms with Gasteiger partial charge in [-0.1, -0.05) is 45.9 Å². The Labute approximate surface area is 128 Å². The van der Waals surface area contributed by atoms with Crippen LogP contribution in [0.3, 0.4) is 0 Å². The molecule has 0 fully saturated rings. The van der Waals surface area contributed by atoms with Gasteiger partial charge in [0.05, 0.1) is 11.9 Å². The molecule has 0 bridgehead atoms. The van der Waals surface area contributed by atoms with Crippen molar-refractivity contribution in [1.82, 2.24) is 14.7 Å². The molecule has 0 spiro atoms. The molecule has 1 aromatic carbocycles. The van der Waals surface area contributed by atoms with E-state index < -0.39 is 0 Å². The first-order valence-electron chi connectivity index (χ1n) is 7.86. The van der Waals surface area contributed by atoms with Crippen molar-refractivity contribution in [3.63, 3.8) is 0 Å². The first-order chi connectivity index (χ1) is 10.0. The number of benzene rings is 1. The molecule has 21 heavy (non-hydrogen) atoms. The fraction of sp³-hybridized carbons (Fsp3) is 0.500. The highest BCUT2D eigenvalue weighted by Crippen LogP contribution is 2.12. The van der Waals surface area contributed by atoms with Crippen LogP contribution in [0.25, 0.3) is 5.69 Å². The van der Waals surface area contributed by atoms with Gasteiger partial charge < -0.3 is 0 Å². The van der Waals surface area contributed by atoms with Crippen LogP contribution in [0.15, 0.2) is 42.7 Å². The molecule has 0 saturated heterocycles. The largest absolute Gasteiger partial charge is 0.298 e. The van der Waals surface area contributed by atoms with Crippen LogP contribution < -0.4 is 0 Å². The second-order valence-corrected chi connectivity index (χ2v) is 6.61. The lowest BCUT2D eigenvalue weighted by atomic mass is 10.1. The van der Waals surface area contributed by atoms with E-state index in [9.17, 15) is 0 Å². The predicted octanol–water partition coefficient (Wildman–Crippen LogP) is 3.99. The van der Waals surface area contributed by atoms with Gasteiger partial charge >= 0.3 is 0 Å². The summed E-state index contributed by atoms with van der Waals surface area (Å²) in [5.41, 5.74) is 2.39. The summed E-state index contributed by atoms with van der Waals surface area (Å²) in [6.07, 6.45) is 4.13. The summed E-state index contributed by atoms with van der Waals surface area (Å²) >= 11 is 0. The van der Waals surface area contributed by atoms with Crippen LogP contribution in [-0.4, -0.2) is 27.8 Å². The third-order valence-corrected chi connectivity index (χ3v) is 3.31. The standard InChI is InChI=1S/C18H27N3/c1-15(2)11-20(12-16(3)4)13-17-10-19-21(14-17)18-8-6-5-7-9-18/h5-10,14-16H,11-13H2,1-4H3. The zero-order valence-corrected chi connectivity index (χ0v) is 13.7. The van der Waals surface area contributed by atoms with Crippen molar-refractivity contribution in [2.24, 2.45) is 11.8 Å². The van der Waals surface area contributed by atoms with Gasteiger partial charge in [-0.25, -0.2) is 4.68 Å². The van der Waals surface area contributed by atoms with Crippen molar-refractivity contribution in [2.75, 3.05) is 13.1 Å². The van der Waals surface area contributed by atoms with Gasteiger partial charge in [0.2, 0.25) is 0 Å². The van der Waals surface area contributed by atoms with E-state index in [2.05, 4.69) is 56.0 Å². The van der Waals surface area contributed by atoms with Gasteiger partial charge in [-0.2, -0.15) is 5.10 Å². The summed E-state index contributed by atoms with van der Waals surface area (Å²) in [7, 11) is 0. The second-order valence-electron chi connectivity index (χ2n) is 6.61. The Balaban J connectivity index is 2.05. The molecule has 0 amide bonds. The molecule has 2 rings (SSSR count). The van der Waals surface area contributed by atoms with E-state index in [4.69, 9.17) is 0 Å². The second kappa shape index (κ2) is 7.41. The van der Waals surface area contributed by atoms with Gasteiger partial charge in [-0.3, -0.25) is 4.90 Å². The normalized spacial score (nSPS) is 11.8. The number of aromatic nitrogens is 2. The predicted molar refractivity (Wildman–Crippen MR) is 88.5 cm³/mol. The molecular weight excluding hydrogens is 258 g/mol. The summed E-state index contributed by atoms with van der Waals surface area (Å²) in [5.74, 6) is 1.38. The SMILES string of the molecule is CC(C)CN(Cc1cnn(-c2ccccc2)c1)CC(C)C. The van der Waals surface area contributed by atoms with Crippen LogP contribution in [0.2, 0.25) is 0 Å². The van der Waals surface area contributed by atoms with Gasteiger partial charge in [-0.15, -0.1) is 0 Å². The molecule has 2 aromatic rings. The average Bonchev–Trinajstić information content (AvgIpc) is 2.86. The molecule has 114 valence electrons. The van der Waals surface area contributed by atoms with Crippen LogP contribution in [0, 0.1) is 11.8 Å². The highest BCUT2D eigenvalue weighted by molar-refractivity contribution is 5.30. The molecule has 1 aromatic heterocycles. The van der Waals surface area contributed by atoms with E-state index in [1.165, 1.54) is 5.56 Å². The lowest BCUT2D eigenvalue weighted by Gasteiger charge is -2.25. The van der Waals surface area contributed by atoms with Gasteiger partial charge in [-0.05, 0) is 24.0 Å². The zero-order chi connectivity index (χ0) is 15.2. The van der Waals surface area contributed by atoms with Gasteiger partial charge in [0.1, 0.15) is 0 Å². The van der Waals surface area contributed by atoms with Crippen molar-refractivity contribution < 1.29 is 0 Å². The Morgan fingerprint density at radius 1 is 1.00 bits per heavy atom. The maximum atomic E-state index is 4.49. The lowest BCUT2D eigenvalue weighted by molar-refractivity contribution is 0.211. The van der Waals surface area contributed by atoms with Crippen molar-refractivity contribution in [1.29, 1.82) is 0 Å². The van der Waals surface area contributed by atoms with E-state index in [0.29, 0.717) is 11.8 Å². The smallest absolute Gasteiger partial charge is 0.0645 e. The fourth-order valence-corrected chi connectivity index (χ4v) is 2.66. The monoisotopic (exact) mass is 285 g/mol. The summed E-state index contributed by atoms with van der Waals surface area (Å²) < 4.78 is 1.96. The number of para-hydroxylation sites is 1. The lowest BCUT2D eigenvalue weighted by Crippen LogP contribution is -2.30. The molecule has 0 saturated carbocycles. The van der Waals surface area contributed by atoms with Crippen LogP contribution in [0.4, 0.5) is 0 Å². The van der Waals surface area contributed by atoms with Crippen molar-refractivity contribution in [3.05, 3.63) is 48.3 Å². The van der Waals surface area contributed by atoms with E-state index >= 15 is 0 Å². The van der Waals surface area contributed by atoms with Crippen molar-refractivity contribution in [2.45, 2.75) is 34.2 Å². The Morgan fingerprint density at radius 3 is 2.19 bits per heavy atom. The van der Waals surface area contributed by atoms with Gasteiger partial charge in [0.25, 0.3) is 0 Å². The fourth-order valence-electron chi connectivity index (χ4n) is 2.66. The molecule has 0 aliphatic heterocycles. The quantitative estimate of drug-likeness (QED) is 0.767. The molecule has 0 unspecified atom stereocenters. The summed E-state index contributed by atoms with van der Waals surface area (Å²) in [5, 5.41) is 4.49. The number of hydrogen-bond acceptors (Lipinski definition) is 2. The molecule has 0 atom stereocenters. The molecule has 0 aliphatic carbocycles. The molecule has 0 N–H and O–H groups in total. The van der Waals surface area contributed by atoms with Gasteiger partial charge in [0.15, 0.2) is 0 Å². The summed E-state index contributed by atoms with van der Waals surface area (Å²) in [6, 6.07) is 10.3. The molecule has 0 radical (unpaired) electrons. The Morgan fingerprint density at radius 2 is 1.62 bits per heavy atom. The number of hydrogen-bond donors (Lipinski definition) is 0. The summed E-state index contributed by atoms with van der Waals surface area (Å²) in [6.45, 7) is 12.4. The minimum Gasteiger partial charge on any atom is -0.298 e. The van der Waals surface area contributed by atoms with Gasteiger partial charge in [0, 0.05) is 31.4 Å². The Bertz CT molecular complexity index is 518. The topological polar surface area (TPSA) is 21.1 Å². The maximum absolute atomic E-state index is 4.49.